The Morgan fingerprint density at radius 1 is 1.39 bits per heavy atom. The van der Waals surface area contributed by atoms with Crippen molar-refractivity contribution >= 4 is 5.96 Å². The van der Waals surface area contributed by atoms with Crippen molar-refractivity contribution in [2.75, 3.05) is 33.8 Å². The molecule has 128 valence electrons. The van der Waals surface area contributed by atoms with E-state index < -0.39 is 0 Å². The molecule has 0 unspecified atom stereocenters. The van der Waals surface area contributed by atoms with E-state index in [1.807, 2.05) is 18.2 Å². The van der Waals surface area contributed by atoms with E-state index in [0.29, 0.717) is 18.5 Å². The fourth-order valence-electron chi connectivity index (χ4n) is 2.85. The molecule has 1 aliphatic rings. The molecule has 1 saturated heterocycles. The number of ether oxygens (including phenoxy) is 1. The van der Waals surface area contributed by atoms with Crippen LogP contribution >= 0.6 is 0 Å². The second kappa shape index (κ2) is 9.35. The first-order chi connectivity index (χ1) is 11.2. The summed E-state index contributed by atoms with van der Waals surface area (Å²) in [4.78, 5) is 11.3. The maximum Gasteiger partial charge on any atom is 0.213 e. The first-order valence-electron chi connectivity index (χ1n) is 8.44. The number of rotatable bonds is 6. The predicted molar refractivity (Wildman–Crippen MR) is 93.9 cm³/mol. The number of pyridine rings is 1. The highest BCUT2D eigenvalue weighted by molar-refractivity contribution is 5.79. The van der Waals surface area contributed by atoms with Crippen LogP contribution < -0.4 is 15.4 Å². The standard InChI is InChI=1S/C17H29N5O/c1-4-10-22-11-8-14(9-12-22)21-17(18-2)19-13-15-6-5-7-16(20-15)23-3/h5-7,14H,4,8-13H2,1-3H3,(H2,18,19,21). The van der Waals surface area contributed by atoms with Crippen molar-refractivity contribution < 1.29 is 4.74 Å². The topological polar surface area (TPSA) is 61.8 Å². The molecule has 1 aliphatic heterocycles. The number of piperidine rings is 1. The van der Waals surface area contributed by atoms with Crippen molar-refractivity contribution in [3.63, 3.8) is 0 Å². The molecule has 0 atom stereocenters. The average molecular weight is 319 g/mol. The van der Waals surface area contributed by atoms with Crippen molar-refractivity contribution in [2.24, 2.45) is 4.99 Å². The number of aromatic nitrogens is 1. The minimum atomic E-state index is 0.493. The van der Waals surface area contributed by atoms with Gasteiger partial charge in [0.15, 0.2) is 5.96 Å². The van der Waals surface area contributed by atoms with Crippen LogP contribution in [-0.4, -0.2) is 55.7 Å². The first kappa shape index (κ1) is 17.5. The van der Waals surface area contributed by atoms with Crippen molar-refractivity contribution in [3.8, 4) is 5.88 Å². The molecule has 0 spiro atoms. The van der Waals surface area contributed by atoms with Gasteiger partial charge in [-0.2, -0.15) is 0 Å². The molecule has 0 bridgehead atoms. The molecule has 1 aromatic rings. The maximum absolute atomic E-state index is 5.15. The molecule has 2 rings (SSSR count). The Bertz CT molecular complexity index is 498. The van der Waals surface area contributed by atoms with E-state index in [1.165, 1.54) is 26.1 Å². The molecule has 2 N–H and O–H groups in total. The lowest BCUT2D eigenvalue weighted by Crippen LogP contribution is -2.48. The van der Waals surface area contributed by atoms with Crippen LogP contribution in [0.2, 0.25) is 0 Å². The largest absolute Gasteiger partial charge is 0.481 e. The third-order valence-corrected chi connectivity index (χ3v) is 4.12. The Balaban J connectivity index is 1.77. The molecule has 0 aromatic carbocycles. The van der Waals surface area contributed by atoms with Crippen molar-refractivity contribution in [1.29, 1.82) is 0 Å². The number of guanidine groups is 1. The number of likely N-dealkylation sites (tertiary alicyclic amines) is 1. The van der Waals surface area contributed by atoms with Gasteiger partial charge in [-0.05, 0) is 31.9 Å². The lowest BCUT2D eigenvalue weighted by Gasteiger charge is -2.32. The molecule has 23 heavy (non-hydrogen) atoms. The Kier molecular flexibility index (Phi) is 7.13. The predicted octanol–water partition coefficient (Wildman–Crippen LogP) is 1.63. The van der Waals surface area contributed by atoms with E-state index in [9.17, 15) is 0 Å². The van der Waals surface area contributed by atoms with E-state index >= 15 is 0 Å². The summed E-state index contributed by atoms with van der Waals surface area (Å²) in [7, 11) is 3.44. The average Bonchev–Trinajstić information content (AvgIpc) is 2.60. The fraction of sp³-hybridized carbons (Fsp3) is 0.647. The second-order valence-electron chi connectivity index (χ2n) is 5.86. The van der Waals surface area contributed by atoms with Gasteiger partial charge in [-0.25, -0.2) is 4.98 Å². The first-order valence-corrected chi connectivity index (χ1v) is 8.44. The summed E-state index contributed by atoms with van der Waals surface area (Å²) >= 11 is 0. The molecular weight excluding hydrogens is 290 g/mol. The van der Waals surface area contributed by atoms with Crippen LogP contribution in [0.1, 0.15) is 31.9 Å². The zero-order valence-electron chi connectivity index (χ0n) is 14.5. The number of nitrogens with one attached hydrogen (secondary N) is 2. The summed E-state index contributed by atoms with van der Waals surface area (Å²) < 4.78 is 5.15. The Hall–Kier alpha value is -1.82. The third-order valence-electron chi connectivity index (χ3n) is 4.12. The summed E-state index contributed by atoms with van der Waals surface area (Å²) in [5, 5.41) is 6.85. The van der Waals surface area contributed by atoms with Gasteiger partial charge in [0, 0.05) is 32.2 Å². The maximum atomic E-state index is 5.15. The number of aliphatic imine (C=N–C) groups is 1. The molecule has 2 heterocycles. The minimum absolute atomic E-state index is 0.493. The van der Waals surface area contributed by atoms with Crippen LogP contribution in [0.4, 0.5) is 0 Å². The molecule has 1 fully saturated rings. The van der Waals surface area contributed by atoms with Gasteiger partial charge in [0.2, 0.25) is 5.88 Å². The molecule has 1 aromatic heterocycles. The Morgan fingerprint density at radius 2 is 2.17 bits per heavy atom. The lowest BCUT2D eigenvalue weighted by atomic mass is 10.1. The summed E-state index contributed by atoms with van der Waals surface area (Å²) in [6, 6.07) is 6.27. The van der Waals surface area contributed by atoms with Crippen molar-refractivity contribution in [3.05, 3.63) is 23.9 Å². The SMILES string of the molecule is CCCN1CCC(NC(=NC)NCc2cccc(OC)n2)CC1. The lowest BCUT2D eigenvalue weighted by molar-refractivity contribution is 0.206. The number of nitrogens with zero attached hydrogens (tertiary/aromatic N) is 3. The normalized spacial score (nSPS) is 17.1. The fourth-order valence-corrected chi connectivity index (χ4v) is 2.85. The molecule has 0 radical (unpaired) electrons. The zero-order chi connectivity index (χ0) is 16.5. The molecule has 0 aliphatic carbocycles. The number of methoxy groups -OCH3 is 1. The molecule has 6 heteroatoms. The summed E-state index contributed by atoms with van der Waals surface area (Å²) in [6.45, 7) is 6.41. The minimum Gasteiger partial charge on any atom is -0.481 e. The molecular formula is C17H29N5O. The summed E-state index contributed by atoms with van der Waals surface area (Å²) in [5.74, 6) is 1.47. The highest BCUT2D eigenvalue weighted by atomic mass is 16.5. The van der Waals surface area contributed by atoms with E-state index in [0.717, 1.165) is 24.5 Å². The van der Waals surface area contributed by atoms with Crippen molar-refractivity contribution in [2.45, 2.75) is 38.8 Å². The summed E-state index contributed by atoms with van der Waals surface area (Å²) in [6.07, 6.45) is 3.56. The van der Waals surface area contributed by atoms with Gasteiger partial charge in [-0.1, -0.05) is 13.0 Å². The third kappa shape index (κ3) is 5.71. The van der Waals surface area contributed by atoms with Gasteiger partial charge in [-0.15, -0.1) is 0 Å². The smallest absolute Gasteiger partial charge is 0.213 e. The van der Waals surface area contributed by atoms with Crippen LogP contribution in [0.15, 0.2) is 23.2 Å². The van der Waals surface area contributed by atoms with Gasteiger partial charge in [0.1, 0.15) is 0 Å². The highest BCUT2D eigenvalue weighted by Gasteiger charge is 2.19. The van der Waals surface area contributed by atoms with E-state index in [2.05, 4.69) is 32.4 Å². The highest BCUT2D eigenvalue weighted by Crippen LogP contribution is 2.10. The van der Waals surface area contributed by atoms with Crippen LogP contribution in [0.3, 0.4) is 0 Å². The monoisotopic (exact) mass is 319 g/mol. The number of hydrogen-bond donors (Lipinski definition) is 2. The van der Waals surface area contributed by atoms with Gasteiger partial charge < -0.3 is 20.3 Å². The quantitative estimate of drug-likeness (QED) is 0.616. The molecule has 6 nitrogen and oxygen atoms in total. The molecule has 0 amide bonds. The Morgan fingerprint density at radius 3 is 2.83 bits per heavy atom. The van der Waals surface area contributed by atoms with Gasteiger partial charge >= 0.3 is 0 Å². The van der Waals surface area contributed by atoms with Gasteiger partial charge in [-0.3, -0.25) is 4.99 Å². The van der Waals surface area contributed by atoms with Crippen LogP contribution in [0.25, 0.3) is 0 Å². The van der Waals surface area contributed by atoms with Crippen molar-refractivity contribution in [1.82, 2.24) is 20.5 Å². The van der Waals surface area contributed by atoms with E-state index in [-0.39, 0.29) is 0 Å². The van der Waals surface area contributed by atoms with Gasteiger partial charge in [0.25, 0.3) is 0 Å². The van der Waals surface area contributed by atoms with Crippen LogP contribution in [0.5, 0.6) is 5.88 Å². The van der Waals surface area contributed by atoms with Crippen LogP contribution in [0, 0.1) is 0 Å². The van der Waals surface area contributed by atoms with Gasteiger partial charge in [0.05, 0.1) is 19.3 Å². The zero-order valence-corrected chi connectivity index (χ0v) is 14.5. The van der Waals surface area contributed by atoms with Crippen LogP contribution in [-0.2, 0) is 6.54 Å². The van der Waals surface area contributed by atoms with E-state index in [1.54, 1.807) is 14.2 Å². The van der Waals surface area contributed by atoms with E-state index in [4.69, 9.17) is 4.74 Å². The summed E-state index contributed by atoms with van der Waals surface area (Å²) in [5.41, 5.74) is 0.935. The Labute approximate surface area is 139 Å². The number of hydrogen-bond acceptors (Lipinski definition) is 4. The molecule has 0 saturated carbocycles. The second-order valence-corrected chi connectivity index (χ2v) is 5.86.